The number of alkyl halides is 2. The number of ether oxygens (including phenoxy) is 3. The quantitative estimate of drug-likeness (QED) is 0.285. The summed E-state index contributed by atoms with van der Waals surface area (Å²) in [6, 6.07) is 16.4. The molecule has 0 aromatic heterocycles. The summed E-state index contributed by atoms with van der Waals surface area (Å²) >= 11 is 3.37. The van der Waals surface area contributed by atoms with Gasteiger partial charge in [0.15, 0.2) is 11.5 Å². The molecule has 0 spiro atoms. The van der Waals surface area contributed by atoms with Crippen molar-refractivity contribution in [3.8, 4) is 11.5 Å². The van der Waals surface area contributed by atoms with Crippen molar-refractivity contribution in [2.24, 2.45) is 0 Å². The Hall–Kier alpha value is -3.28. The maximum Gasteiger partial charge on any atom is 0.586 e. The fourth-order valence-corrected chi connectivity index (χ4v) is 4.70. The van der Waals surface area contributed by atoms with Crippen molar-refractivity contribution in [2.75, 3.05) is 23.8 Å². The minimum Gasteiger partial charge on any atom is -0.395 e. The third-order valence-corrected chi connectivity index (χ3v) is 7.05. The number of aliphatic hydroxyl groups excluding tert-OH is 1. The lowest BCUT2D eigenvalue weighted by atomic mass is 9.94. The smallest absolute Gasteiger partial charge is 0.395 e. The number of hydrogen-bond acceptors (Lipinski definition) is 6. The van der Waals surface area contributed by atoms with Crippen LogP contribution in [0.1, 0.15) is 24.0 Å². The van der Waals surface area contributed by atoms with Gasteiger partial charge in [0.25, 0.3) is 0 Å². The Balaban J connectivity index is 1.18. The fraction of sp³-hybridized carbons (Fsp3) is 0.296. The molecule has 11 heteroatoms. The van der Waals surface area contributed by atoms with Gasteiger partial charge in [-0.3, -0.25) is 4.79 Å². The van der Waals surface area contributed by atoms with Gasteiger partial charge in [0.05, 0.1) is 36.1 Å². The highest BCUT2D eigenvalue weighted by molar-refractivity contribution is 9.10. The molecule has 1 aliphatic heterocycles. The molecular formula is C27H24BrF3N2O5. The molecule has 1 saturated carbocycles. The van der Waals surface area contributed by atoms with Gasteiger partial charge < -0.3 is 30.0 Å². The molecule has 38 heavy (non-hydrogen) atoms. The number of anilines is 2. The van der Waals surface area contributed by atoms with Gasteiger partial charge in [-0.1, -0.05) is 36.4 Å². The zero-order chi connectivity index (χ0) is 26.9. The molecule has 7 nitrogen and oxygen atoms in total. The Morgan fingerprint density at radius 1 is 1.05 bits per heavy atom. The molecule has 5 rings (SSSR count). The van der Waals surface area contributed by atoms with Crippen molar-refractivity contribution >= 4 is 33.2 Å². The molecule has 3 aromatic rings. The van der Waals surface area contributed by atoms with Crippen LogP contribution in [0.5, 0.6) is 11.5 Å². The molecule has 0 radical (unpaired) electrons. The third kappa shape index (κ3) is 5.74. The molecule has 0 bridgehead atoms. The molecule has 1 aliphatic carbocycles. The van der Waals surface area contributed by atoms with E-state index in [0.29, 0.717) is 35.2 Å². The summed E-state index contributed by atoms with van der Waals surface area (Å²) in [7, 11) is 0. The standard InChI is InChI=1S/C27H24BrF3N2O5/c28-19-11-22(20(29)12-21(19)32-13-18(34)15-36-14-16-4-2-1-3-5-16)33-25(35)26(8-9-26)17-6-7-23-24(10-17)38-27(30,31)37-23/h1-7,10-12,18,32,34H,8-9,13-15H2,(H,33,35). The van der Waals surface area contributed by atoms with Crippen LogP contribution >= 0.6 is 15.9 Å². The van der Waals surface area contributed by atoms with Gasteiger partial charge in [-0.15, -0.1) is 8.78 Å². The molecule has 1 fully saturated rings. The van der Waals surface area contributed by atoms with Crippen LogP contribution in [0.15, 0.2) is 65.1 Å². The zero-order valence-electron chi connectivity index (χ0n) is 20.0. The number of hydrogen-bond donors (Lipinski definition) is 3. The first-order chi connectivity index (χ1) is 18.1. The number of nitrogens with one attached hydrogen (secondary N) is 2. The Morgan fingerprint density at radius 2 is 1.79 bits per heavy atom. The second-order valence-electron chi connectivity index (χ2n) is 9.21. The molecule has 3 aromatic carbocycles. The molecule has 3 N–H and O–H groups in total. The molecule has 1 heterocycles. The number of rotatable bonds is 10. The summed E-state index contributed by atoms with van der Waals surface area (Å²) < 4.78 is 56.5. The highest BCUT2D eigenvalue weighted by atomic mass is 79.9. The van der Waals surface area contributed by atoms with Gasteiger partial charge >= 0.3 is 6.29 Å². The largest absolute Gasteiger partial charge is 0.586 e. The lowest BCUT2D eigenvalue weighted by Gasteiger charge is -2.18. The van der Waals surface area contributed by atoms with E-state index in [-0.39, 0.29) is 30.3 Å². The van der Waals surface area contributed by atoms with Crippen LogP contribution in [0.25, 0.3) is 0 Å². The normalized spacial score (nSPS) is 17.1. The third-order valence-electron chi connectivity index (χ3n) is 6.39. The monoisotopic (exact) mass is 592 g/mol. The van der Waals surface area contributed by atoms with E-state index in [0.717, 1.165) is 5.56 Å². The van der Waals surface area contributed by atoms with E-state index in [1.807, 2.05) is 30.3 Å². The SMILES string of the molecule is O=C(Nc1cc(Br)c(NCC(O)COCc2ccccc2)cc1F)C1(c2ccc3c(c2)OC(F)(F)O3)CC1. The van der Waals surface area contributed by atoms with Gasteiger partial charge in [0.2, 0.25) is 5.91 Å². The van der Waals surface area contributed by atoms with E-state index >= 15 is 0 Å². The van der Waals surface area contributed by atoms with Crippen LogP contribution in [0.2, 0.25) is 0 Å². The van der Waals surface area contributed by atoms with E-state index in [2.05, 4.69) is 36.0 Å². The number of carbonyl (C=O) groups excluding carboxylic acids is 1. The van der Waals surface area contributed by atoms with Gasteiger partial charge in [-0.05, 0) is 58.1 Å². The average Bonchev–Trinajstić information content (AvgIpc) is 3.63. The number of benzene rings is 3. The van der Waals surface area contributed by atoms with Crippen molar-refractivity contribution in [1.82, 2.24) is 0 Å². The first-order valence-electron chi connectivity index (χ1n) is 11.9. The number of aliphatic hydroxyl groups is 1. The molecule has 200 valence electrons. The van der Waals surface area contributed by atoms with Crippen LogP contribution in [0, 0.1) is 5.82 Å². The Bertz CT molecular complexity index is 1340. The van der Waals surface area contributed by atoms with Crippen molar-refractivity contribution in [2.45, 2.75) is 37.3 Å². The summed E-state index contributed by atoms with van der Waals surface area (Å²) in [6.07, 6.45) is -3.64. The maximum atomic E-state index is 14.9. The molecule has 0 saturated heterocycles. The minimum atomic E-state index is -3.75. The minimum absolute atomic E-state index is 0.0438. The topological polar surface area (TPSA) is 89.1 Å². The Labute approximate surface area is 225 Å². The molecule has 1 amide bonds. The van der Waals surface area contributed by atoms with Gasteiger partial charge in [0.1, 0.15) is 5.82 Å². The predicted molar refractivity (Wildman–Crippen MR) is 137 cm³/mol. The van der Waals surface area contributed by atoms with Crippen molar-refractivity contribution in [3.05, 3.63) is 82.1 Å². The first kappa shape index (κ1) is 26.3. The Kier molecular flexibility index (Phi) is 7.26. The highest BCUT2D eigenvalue weighted by Crippen LogP contribution is 2.52. The summed E-state index contributed by atoms with van der Waals surface area (Å²) in [5, 5.41) is 15.8. The lowest BCUT2D eigenvalue weighted by Crippen LogP contribution is -2.28. The maximum absolute atomic E-state index is 14.9. The average molecular weight is 593 g/mol. The summed E-state index contributed by atoms with van der Waals surface area (Å²) in [5.41, 5.74) is 0.841. The van der Waals surface area contributed by atoms with Crippen LogP contribution in [0.4, 0.5) is 24.5 Å². The first-order valence-corrected chi connectivity index (χ1v) is 12.7. The van der Waals surface area contributed by atoms with E-state index in [1.54, 1.807) is 0 Å². The second kappa shape index (κ2) is 10.5. The number of fused-ring (bicyclic) bond motifs is 1. The molecule has 1 atom stereocenters. The van der Waals surface area contributed by atoms with Gasteiger partial charge in [0, 0.05) is 17.1 Å². The molecule has 1 unspecified atom stereocenters. The van der Waals surface area contributed by atoms with Crippen LogP contribution < -0.4 is 20.1 Å². The van der Waals surface area contributed by atoms with Crippen molar-refractivity contribution < 1.29 is 37.3 Å². The van der Waals surface area contributed by atoms with E-state index in [4.69, 9.17) is 4.74 Å². The highest BCUT2D eigenvalue weighted by Gasteiger charge is 2.53. The van der Waals surface area contributed by atoms with Crippen LogP contribution in [-0.4, -0.2) is 36.6 Å². The second-order valence-corrected chi connectivity index (χ2v) is 10.1. The summed E-state index contributed by atoms with van der Waals surface area (Å²) in [6.45, 7) is 0.575. The van der Waals surface area contributed by atoms with Gasteiger partial charge in [-0.25, -0.2) is 4.39 Å². The summed E-state index contributed by atoms with van der Waals surface area (Å²) in [5.74, 6) is -1.40. The predicted octanol–water partition coefficient (Wildman–Crippen LogP) is 5.57. The molecule has 2 aliphatic rings. The number of halogens is 4. The lowest BCUT2D eigenvalue weighted by molar-refractivity contribution is -0.286. The Morgan fingerprint density at radius 3 is 2.53 bits per heavy atom. The number of carbonyl (C=O) groups is 1. The van der Waals surface area contributed by atoms with E-state index in [9.17, 15) is 23.1 Å². The van der Waals surface area contributed by atoms with Gasteiger partial charge in [-0.2, -0.15) is 0 Å². The fourth-order valence-electron chi connectivity index (χ4n) is 4.21. The summed E-state index contributed by atoms with van der Waals surface area (Å²) in [4.78, 5) is 13.1. The molecular weight excluding hydrogens is 569 g/mol. The van der Waals surface area contributed by atoms with Crippen molar-refractivity contribution in [1.29, 1.82) is 0 Å². The van der Waals surface area contributed by atoms with E-state index < -0.39 is 29.5 Å². The van der Waals surface area contributed by atoms with Crippen LogP contribution in [0.3, 0.4) is 0 Å². The number of amides is 1. The van der Waals surface area contributed by atoms with E-state index in [1.165, 1.54) is 30.3 Å². The zero-order valence-corrected chi connectivity index (χ0v) is 21.6. The van der Waals surface area contributed by atoms with Crippen LogP contribution in [-0.2, 0) is 21.6 Å². The van der Waals surface area contributed by atoms with Crippen molar-refractivity contribution in [3.63, 3.8) is 0 Å².